The fourth-order valence-corrected chi connectivity index (χ4v) is 2.43. The van der Waals surface area contributed by atoms with E-state index in [4.69, 9.17) is 11.5 Å². The number of carboxylic acids is 1. The fraction of sp³-hybridized carbons (Fsp3) is 0.778. The van der Waals surface area contributed by atoms with E-state index in [1.165, 1.54) is 13.8 Å². The molecule has 0 aromatic rings. The molecule has 28 heavy (non-hydrogen) atoms. The number of hydrogen-bond acceptors (Lipinski definition) is 6. The van der Waals surface area contributed by atoms with E-state index in [0.29, 0.717) is 25.8 Å². The second-order valence-corrected chi connectivity index (χ2v) is 7.39. The molecule has 8 N–H and O–H groups in total. The summed E-state index contributed by atoms with van der Waals surface area (Å²) in [6.45, 7) is 7.17. The molecule has 0 rings (SSSR count). The van der Waals surface area contributed by atoms with Gasteiger partial charge in [0.1, 0.15) is 18.1 Å². The largest absolute Gasteiger partial charge is 0.480 e. The quantitative estimate of drug-likeness (QED) is 0.216. The van der Waals surface area contributed by atoms with Gasteiger partial charge >= 0.3 is 5.97 Å². The first-order valence-corrected chi connectivity index (χ1v) is 9.59. The number of carboxylic acid groups (broad SMARTS) is 1. The van der Waals surface area contributed by atoms with Gasteiger partial charge in [0, 0.05) is 0 Å². The molecule has 0 aromatic heterocycles. The van der Waals surface area contributed by atoms with Gasteiger partial charge in [-0.15, -0.1) is 0 Å². The molecule has 0 saturated carbocycles. The van der Waals surface area contributed by atoms with Gasteiger partial charge in [-0.3, -0.25) is 14.4 Å². The summed E-state index contributed by atoms with van der Waals surface area (Å²) >= 11 is 0. The first kappa shape index (κ1) is 25.8. The number of aliphatic carboxylic acids is 1. The highest BCUT2D eigenvalue weighted by molar-refractivity contribution is 5.93. The SMILES string of the molecule is CC(C)CC(NC(=O)C(C)NC(=O)C(C)N)C(=O)NC(CCCCN)C(=O)O. The molecular formula is C18H35N5O5. The zero-order chi connectivity index (χ0) is 21.9. The van der Waals surface area contributed by atoms with Gasteiger partial charge in [-0.1, -0.05) is 13.8 Å². The predicted octanol–water partition coefficient (Wildman–Crippen LogP) is -0.932. The van der Waals surface area contributed by atoms with Crippen LogP contribution in [-0.4, -0.2) is 59.5 Å². The minimum Gasteiger partial charge on any atom is -0.480 e. The van der Waals surface area contributed by atoms with Crippen molar-refractivity contribution >= 4 is 23.7 Å². The average molecular weight is 402 g/mol. The molecule has 0 fully saturated rings. The lowest BCUT2D eigenvalue weighted by molar-refractivity contribution is -0.142. The van der Waals surface area contributed by atoms with E-state index in [1.807, 2.05) is 13.8 Å². The number of carbonyl (C=O) groups is 4. The molecule has 3 amide bonds. The van der Waals surface area contributed by atoms with Gasteiger partial charge in [0.25, 0.3) is 0 Å². The van der Waals surface area contributed by atoms with Crippen LogP contribution < -0.4 is 27.4 Å². The molecule has 162 valence electrons. The Morgan fingerprint density at radius 2 is 1.43 bits per heavy atom. The zero-order valence-electron chi connectivity index (χ0n) is 17.2. The number of hydrogen-bond donors (Lipinski definition) is 6. The highest BCUT2D eigenvalue weighted by Gasteiger charge is 2.28. The van der Waals surface area contributed by atoms with Crippen LogP contribution in [-0.2, 0) is 19.2 Å². The van der Waals surface area contributed by atoms with Crippen molar-refractivity contribution in [1.82, 2.24) is 16.0 Å². The summed E-state index contributed by atoms with van der Waals surface area (Å²) in [7, 11) is 0. The Balaban J connectivity index is 5.02. The molecule has 0 aliphatic rings. The van der Waals surface area contributed by atoms with E-state index < -0.39 is 47.9 Å². The first-order chi connectivity index (χ1) is 13.0. The molecule has 0 aliphatic heterocycles. The molecule has 10 nitrogen and oxygen atoms in total. The fourth-order valence-electron chi connectivity index (χ4n) is 2.43. The summed E-state index contributed by atoms with van der Waals surface area (Å²) in [5, 5.41) is 16.8. The van der Waals surface area contributed by atoms with Gasteiger partial charge < -0.3 is 32.5 Å². The van der Waals surface area contributed by atoms with Gasteiger partial charge in [0.15, 0.2) is 0 Å². The highest BCUT2D eigenvalue weighted by Crippen LogP contribution is 2.08. The molecule has 10 heteroatoms. The summed E-state index contributed by atoms with van der Waals surface area (Å²) in [5.74, 6) is -2.68. The Morgan fingerprint density at radius 3 is 1.89 bits per heavy atom. The third-order valence-corrected chi connectivity index (χ3v) is 4.07. The van der Waals surface area contributed by atoms with Crippen LogP contribution in [0.15, 0.2) is 0 Å². The van der Waals surface area contributed by atoms with Crippen LogP contribution in [0.2, 0.25) is 0 Å². The Labute approximate surface area is 166 Å². The second-order valence-electron chi connectivity index (χ2n) is 7.39. The Bertz CT molecular complexity index is 538. The monoisotopic (exact) mass is 401 g/mol. The minimum atomic E-state index is -1.14. The van der Waals surface area contributed by atoms with Crippen molar-refractivity contribution in [2.24, 2.45) is 17.4 Å². The molecule has 4 atom stereocenters. The molecule has 0 bridgehead atoms. The lowest BCUT2D eigenvalue weighted by atomic mass is 10.0. The van der Waals surface area contributed by atoms with Gasteiger partial charge in [-0.05, 0) is 52.0 Å². The van der Waals surface area contributed by atoms with Crippen molar-refractivity contribution in [3.05, 3.63) is 0 Å². The maximum atomic E-state index is 12.6. The number of nitrogens with one attached hydrogen (secondary N) is 3. The molecule has 0 aromatic carbocycles. The predicted molar refractivity (Wildman–Crippen MR) is 105 cm³/mol. The van der Waals surface area contributed by atoms with Crippen molar-refractivity contribution in [2.45, 2.75) is 77.5 Å². The number of amides is 3. The third kappa shape index (κ3) is 10.2. The summed E-state index contributed by atoms with van der Waals surface area (Å²) in [6.07, 6.45) is 1.79. The van der Waals surface area contributed by atoms with Gasteiger partial charge in [0.2, 0.25) is 17.7 Å². The Morgan fingerprint density at radius 1 is 0.857 bits per heavy atom. The molecule has 0 spiro atoms. The molecule has 0 aliphatic carbocycles. The molecule has 0 heterocycles. The number of nitrogens with two attached hydrogens (primary N) is 2. The van der Waals surface area contributed by atoms with Crippen LogP contribution in [0.1, 0.15) is 53.4 Å². The highest BCUT2D eigenvalue weighted by atomic mass is 16.4. The molecule has 4 unspecified atom stereocenters. The van der Waals surface area contributed by atoms with Gasteiger partial charge in [0.05, 0.1) is 6.04 Å². The number of carbonyl (C=O) groups excluding carboxylic acids is 3. The van der Waals surface area contributed by atoms with Crippen molar-refractivity contribution in [3.63, 3.8) is 0 Å². The van der Waals surface area contributed by atoms with Crippen molar-refractivity contribution in [2.75, 3.05) is 6.54 Å². The molecular weight excluding hydrogens is 366 g/mol. The molecule has 0 saturated heterocycles. The maximum Gasteiger partial charge on any atom is 0.326 e. The number of rotatable bonds is 13. The maximum absolute atomic E-state index is 12.6. The zero-order valence-corrected chi connectivity index (χ0v) is 17.2. The Kier molecular flexibility index (Phi) is 12.0. The lowest BCUT2D eigenvalue weighted by Gasteiger charge is -2.24. The normalized spacial score (nSPS) is 15.2. The van der Waals surface area contributed by atoms with Crippen LogP contribution in [0.5, 0.6) is 0 Å². The van der Waals surface area contributed by atoms with Crippen LogP contribution >= 0.6 is 0 Å². The third-order valence-electron chi connectivity index (χ3n) is 4.07. The van der Waals surface area contributed by atoms with Crippen LogP contribution in [0, 0.1) is 5.92 Å². The van der Waals surface area contributed by atoms with Gasteiger partial charge in [-0.25, -0.2) is 4.79 Å². The van der Waals surface area contributed by atoms with E-state index >= 15 is 0 Å². The van der Waals surface area contributed by atoms with E-state index in [1.54, 1.807) is 0 Å². The van der Waals surface area contributed by atoms with Crippen LogP contribution in [0.4, 0.5) is 0 Å². The average Bonchev–Trinajstić information content (AvgIpc) is 2.59. The van der Waals surface area contributed by atoms with E-state index in [0.717, 1.165) is 0 Å². The van der Waals surface area contributed by atoms with E-state index in [9.17, 15) is 24.3 Å². The van der Waals surface area contributed by atoms with Crippen molar-refractivity contribution in [1.29, 1.82) is 0 Å². The van der Waals surface area contributed by atoms with E-state index in [-0.39, 0.29) is 12.3 Å². The second kappa shape index (κ2) is 13.1. The summed E-state index contributed by atoms with van der Waals surface area (Å²) in [6, 6.07) is -3.63. The smallest absolute Gasteiger partial charge is 0.326 e. The Hall–Kier alpha value is -2.20. The van der Waals surface area contributed by atoms with Crippen molar-refractivity contribution in [3.8, 4) is 0 Å². The van der Waals surface area contributed by atoms with Crippen LogP contribution in [0.3, 0.4) is 0 Å². The first-order valence-electron chi connectivity index (χ1n) is 9.59. The summed E-state index contributed by atoms with van der Waals surface area (Å²) in [5.41, 5.74) is 10.9. The van der Waals surface area contributed by atoms with E-state index in [2.05, 4.69) is 16.0 Å². The summed E-state index contributed by atoms with van der Waals surface area (Å²) in [4.78, 5) is 48.0. The molecule has 0 radical (unpaired) electrons. The topological polar surface area (TPSA) is 177 Å². The summed E-state index contributed by atoms with van der Waals surface area (Å²) < 4.78 is 0. The van der Waals surface area contributed by atoms with Gasteiger partial charge in [-0.2, -0.15) is 0 Å². The van der Waals surface area contributed by atoms with Crippen LogP contribution in [0.25, 0.3) is 0 Å². The number of unbranched alkanes of at least 4 members (excludes halogenated alkanes) is 1. The van der Waals surface area contributed by atoms with Crippen molar-refractivity contribution < 1.29 is 24.3 Å². The minimum absolute atomic E-state index is 0.0746. The lowest BCUT2D eigenvalue weighted by Crippen LogP contribution is -2.56. The standard InChI is InChI=1S/C18H35N5O5/c1-10(2)9-14(23-16(25)12(4)21-15(24)11(3)20)17(26)22-13(18(27)28)7-5-6-8-19/h10-14H,5-9,19-20H2,1-4H3,(H,21,24)(H,22,26)(H,23,25)(H,27,28).